The molecular weight excluding hydrogens is 278 g/mol. The lowest BCUT2D eigenvalue weighted by Crippen LogP contribution is -2.25. The molecule has 0 unspecified atom stereocenters. The predicted octanol–water partition coefficient (Wildman–Crippen LogP) is 3.07. The Labute approximate surface area is 130 Å². The van der Waals surface area contributed by atoms with Gasteiger partial charge < -0.3 is 9.84 Å². The van der Waals surface area contributed by atoms with Crippen molar-refractivity contribution in [1.29, 1.82) is 0 Å². The number of hydrogen-bond acceptors (Lipinski definition) is 4. The maximum Gasteiger partial charge on any atom is 0.227 e. The second-order valence-electron chi connectivity index (χ2n) is 6.13. The number of benzene rings is 1. The zero-order chi connectivity index (χ0) is 15.5. The zero-order valence-electron chi connectivity index (χ0n) is 13.0. The highest BCUT2D eigenvalue weighted by Crippen LogP contribution is 2.21. The van der Waals surface area contributed by atoms with Gasteiger partial charge in [-0.3, -0.25) is 4.79 Å². The van der Waals surface area contributed by atoms with Crippen LogP contribution in [0.4, 0.5) is 0 Å². The van der Waals surface area contributed by atoms with E-state index in [1.807, 2.05) is 12.1 Å². The van der Waals surface area contributed by atoms with Gasteiger partial charge in [0, 0.05) is 24.4 Å². The second-order valence-corrected chi connectivity index (χ2v) is 6.13. The molecule has 1 aromatic heterocycles. The van der Waals surface area contributed by atoms with Crippen LogP contribution in [0.5, 0.6) is 0 Å². The van der Waals surface area contributed by atoms with E-state index in [9.17, 15) is 4.79 Å². The van der Waals surface area contributed by atoms with Gasteiger partial charge >= 0.3 is 0 Å². The number of rotatable bonds is 6. The fraction of sp³-hybridized carbons (Fsp3) is 0.471. The molecule has 5 heteroatoms. The Morgan fingerprint density at radius 2 is 2.05 bits per heavy atom. The Bertz CT molecular complexity index is 642. The van der Waals surface area contributed by atoms with E-state index >= 15 is 0 Å². The van der Waals surface area contributed by atoms with Crippen LogP contribution in [0.25, 0.3) is 11.4 Å². The van der Waals surface area contributed by atoms with Crippen molar-refractivity contribution in [2.75, 3.05) is 0 Å². The molecule has 1 saturated carbocycles. The van der Waals surface area contributed by atoms with Gasteiger partial charge in [-0.25, -0.2) is 0 Å². The predicted molar refractivity (Wildman–Crippen MR) is 83.3 cm³/mol. The van der Waals surface area contributed by atoms with Crippen molar-refractivity contribution >= 4 is 5.91 Å². The monoisotopic (exact) mass is 299 g/mol. The number of aromatic nitrogens is 2. The average Bonchev–Trinajstić information content (AvgIpc) is 3.19. The molecule has 3 rings (SSSR count). The minimum absolute atomic E-state index is 0.0588. The maximum absolute atomic E-state index is 11.6. The SMILES string of the molecule is CC(C)c1ccc(-c2noc(CCC(=O)NC3CC3)n2)cc1. The molecule has 1 heterocycles. The summed E-state index contributed by atoms with van der Waals surface area (Å²) in [5, 5.41) is 6.94. The summed E-state index contributed by atoms with van der Waals surface area (Å²) in [4.78, 5) is 16.0. The van der Waals surface area contributed by atoms with Crippen LogP contribution in [0.15, 0.2) is 28.8 Å². The lowest BCUT2D eigenvalue weighted by molar-refractivity contribution is -0.121. The molecule has 0 spiro atoms. The molecule has 1 aliphatic rings. The number of carbonyl (C=O) groups excluding carboxylic acids is 1. The van der Waals surface area contributed by atoms with Gasteiger partial charge in [0.05, 0.1) is 0 Å². The van der Waals surface area contributed by atoms with Crippen molar-refractivity contribution in [1.82, 2.24) is 15.5 Å². The quantitative estimate of drug-likeness (QED) is 0.890. The molecule has 5 nitrogen and oxygen atoms in total. The third-order valence-corrected chi connectivity index (χ3v) is 3.81. The Kier molecular flexibility index (Phi) is 4.22. The third-order valence-electron chi connectivity index (χ3n) is 3.81. The van der Waals surface area contributed by atoms with Crippen LogP contribution < -0.4 is 5.32 Å². The van der Waals surface area contributed by atoms with Gasteiger partial charge in [0.25, 0.3) is 0 Å². The Morgan fingerprint density at radius 1 is 1.32 bits per heavy atom. The number of amides is 1. The van der Waals surface area contributed by atoms with Crippen LogP contribution in [0.3, 0.4) is 0 Å². The molecule has 0 bridgehead atoms. The van der Waals surface area contributed by atoms with Gasteiger partial charge in [-0.1, -0.05) is 43.3 Å². The summed E-state index contributed by atoms with van der Waals surface area (Å²) >= 11 is 0. The van der Waals surface area contributed by atoms with E-state index < -0.39 is 0 Å². The number of nitrogens with zero attached hydrogens (tertiary/aromatic N) is 2. The highest BCUT2D eigenvalue weighted by Gasteiger charge is 2.23. The molecule has 1 aromatic carbocycles. The van der Waals surface area contributed by atoms with Crippen LogP contribution in [-0.4, -0.2) is 22.1 Å². The summed E-state index contributed by atoms with van der Waals surface area (Å²) in [6.45, 7) is 4.32. The van der Waals surface area contributed by atoms with Crippen LogP contribution in [0, 0.1) is 0 Å². The third kappa shape index (κ3) is 3.72. The van der Waals surface area contributed by atoms with Crippen LogP contribution in [0.2, 0.25) is 0 Å². The summed E-state index contributed by atoms with van der Waals surface area (Å²) in [7, 11) is 0. The topological polar surface area (TPSA) is 68.0 Å². The van der Waals surface area contributed by atoms with Crippen molar-refractivity contribution in [3.05, 3.63) is 35.7 Å². The molecule has 116 valence electrons. The van der Waals surface area contributed by atoms with E-state index in [4.69, 9.17) is 4.52 Å². The van der Waals surface area contributed by atoms with Crippen LogP contribution in [-0.2, 0) is 11.2 Å². The van der Waals surface area contributed by atoms with E-state index in [0.717, 1.165) is 18.4 Å². The normalized spacial score (nSPS) is 14.3. The van der Waals surface area contributed by atoms with Crippen molar-refractivity contribution in [3.8, 4) is 11.4 Å². The molecule has 0 aliphatic heterocycles. The molecule has 0 radical (unpaired) electrons. The summed E-state index contributed by atoms with van der Waals surface area (Å²) in [6, 6.07) is 8.57. The smallest absolute Gasteiger partial charge is 0.227 e. The fourth-order valence-electron chi connectivity index (χ4n) is 2.24. The summed E-state index contributed by atoms with van der Waals surface area (Å²) in [5.74, 6) is 1.64. The molecule has 22 heavy (non-hydrogen) atoms. The van der Waals surface area contributed by atoms with Gasteiger partial charge in [0.1, 0.15) is 0 Å². The molecule has 2 aromatic rings. The van der Waals surface area contributed by atoms with Crippen molar-refractivity contribution < 1.29 is 9.32 Å². The van der Waals surface area contributed by atoms with Gasteiger partial charge in [-0.15, -0.1) is 0 Å². The first-order valence-corrected chi connectivity index (χ1v) is 7.84. The van der Waals surface area contributed by atoms with Gasteiger partial charge in [-0.2, -0.15) is 4.98 Å². The largest absolute Gasteiger partial charge is 0.353 e. The molecular formula is C17H21N3O2. The lowest BCUT2D eigenvalue weighted by Gasteiger charge is -2.04. The van der Waals surface area contributed by atoms with E-state index in [2.05, 4.69) is 41.4 Å². The highest BCUT2D eigenvalue weighted by molar-refractivity contribution is 5.76. The Balaban J connectivity index is 1.59. The summed E-state index contributed by atoms with van der Waals surface area (Å²) < 4.78 is 5.23. The molecule has 0 atom stereocenters. The summed E-state index contributed by atoms with van der Waals surface area (Å²) in [5.41, 5.74) is 2.21. The summed E-state index contributed by atoms with van der Waals surface area (Å²) in [6.07, 6.45) is 3.08. The maximum atomic E-state index is 11.6. The fourth-order valence-corrected chi connectivity index (χ4v) is 2.24. The van der Waals surface area contributed by atoms with Gasteiger partial charge in [0.15, 0.2) is 0 Å². The van der Waals surface area contributed by atoms with Crippen molar-refractivity contribution in [3.63, 3.8) is 0 Å². The lowest BCUT2D eigenvalue weighted by atomic mass is 10.0. The number of aryl methyl sites for hydroxylation is 1. The Hall–Kier alpha value is -2.17. The van der Waals surface area contributed by atoms with Crippen LogP contribution >= 0.6 is 0 Å². The average molecular weight is 299 g/mol. The van der Waals surface area contributed by atoms with Gasteiger partial charge in [-0.05, 0) is 24.3 Å². The van der Waals surface area contributed by atoms with E-state index in [1.54, 1.807) is 0 Å². The molecule has 0 saturated heterocycles. The van der Waals surface area contributed by atoms with Crippen LogP contribution in [0.1, 0.15) is 50.5 Å². The first-order chi connectivity index (χ1) is 10.6. The number of nitrogens with one attached hydrogen (secondary N) is 1. The minimum Gasteiger partial charge on any atom is -0.353 e. The molecule has 1 fully saturated rings. The number of carbonyl (C=O) groups is 1. The molecule has 1 aliphatic carbocycles. The highest BCUT2D eigenvalue weighted by atomic mass is 16.5. The number of hydrogen-bond donors (Lipinski definition) is 1. The first-order valence-electron chi connectivity index (χ1n) is 7.84. The van der Waals surface area contributed by atoms with E-state index in [1.165, 1.54) is 5.56 Å². The van der Waals surface area contributed by atoms with E-state index in [-0.39, 0.29) is 5.91 Å². The second kappa shape index (κ2) is 6.30. The van der Waals surface area contributed by atoms with Crippen molar-refractivity contribution in [2.24, 2.45) is 0 Å². The molecule has 1 N–H and O–H groups in total. The molecule has 1 amide bonds. The van der Waals surface area contributed by atoms with Crippen molar-refractivity contribution in [2.45, 2.75) is 51.5 Å². The first kappa shape index (κ1) is 14.8. The minimum atomic E-state index is 0.0588. The van der Waals surface area contributed by atoms with E-state index in [0.29, 0.717) is 36.5 Å². The Morgan fingerprint density at radius 3 is 2.68 bits per heavy atom. The van der Waals surface area contributed by atoms with Gasteiger partial charge in [0.2, 0.25) is 17.6 Å². The standard InChI is InChI=1S/C17H21N3O2/c1-11(2)12-3-5-13(6-4-12)17-19-16(22-20-17)10-9-15(21)18-14-7-8-14/h3-6,11,14H,7-10H2,1-2H3,(H,18,21). The zero-order valence-corrected chi connectivity index (χ0v) is 13.0.